The van der Waals surface area contributed by atoms with Crippen molar-refractivity contribution < 1.29 is 13.9 Å². The van der Waals surface area contributed by atoms with Crippen molar-refractivity contribution in [2.24, 2.45) is 0 Å². The van der Waals surface area contributed by atoms with Gasteiger partial charge in [-0.1, -0.05) is 12.1 Å². The van der Waals surface area contributed by atoms with Crippen molar-refractivity contribution in [1.29, 1.82) is 0 Å². The summed E-state index contributed by atoms with van der Waals surface area (Å²) in [6.45, 7) is 0.769. The summed E-state index contributed by atoms with van der Waals surface area (Å²) in [6.07, 6.45) is 3.42. The van der Waals surface area contributed by atoms with Crippen LogP contribution in [0.25, 0.3) is 0 Å². The van der Waals surface area contributed by atoms with Crippen LogP contribution in [0, 0.1) is 5.82 Å². The molecule has 0 aliphatic carbocycles. The lowest BCUT2D eigenvalue weighted by atomic mass is 10.1. The highest BCUT2D eigenvalue weighted by atomic mass is 19.1. The maximum absolute atomic E-state index is 13.1. The van der Waals surface area contributed by atoms with Crippen LogP contribution in [0.2, 0.25) is 0 Å². The molecule has 1 aliphatic heterocycles. The van der Waals surface area contributed by atoms with Crippen molar-refractivity contribution in [2.75, 3.05) is 7.11 Å². The van der Waals surface area contributed by atoms with Gasteiger partial charge in [0.1, 0.15) is 11.6 Å². The summed E-state index contributed by atoms with van der Waals surface area (Å²) in [5.41, 5.74) is 1.09. The number of methoxy groups -OCH3 is 1. The highest BCUT2D eigenvalue weighted by molar-refractivity contribution is 5.94. The van der Waals surface area contributed by atoms with Crippen molar-refractivity contribution in [3.8, 4) is 5.88 Å². The normalized spacial score (nSPS) is 15.9. The molecule has 1 unspecified atom stereocenters. The van der Waals surface area contributed by atoms with Gasteiger partial charge in [0.05, 0.1) is 13.7 Å². The van der Waals surface area contributed by atoms with E-state index in [1.54, 1.807) is 28.8 Å². The Morgan fingerprint density at radius 2 is 2.07 bits per heavy atom. The fraction of sp³-hybridized carbons (Fsp3) is 0.333. The molecule has 156 valence electrons. The van der Waals surface area contributed by atoms with Gasteiger partial charge in [-0.05, 0) is 36.6 Å². The Hall–Kier alpha value is -3.49. The summed E-state index contributed by atoms with van der Waals surface area (Å²) >= 11 is 0. The molecule has 0 fully saturated rings. The number of pyridine rings is 1. The second kappa shape index (κ2) is 8.48. The van der Waals surface area contributed by atoms with E-state index in [-0.39, 0.29) is 23.5 Å². The van der Waals surface area contributed by atoms with E-state index >= 15 is 0 Å². The Bertz CT molecular complexity index is 1110. The number of carbonyl (C=O) groups excluding carboxylic acids is 1. The Morgan fingerprint density at radius 1 is 1.27 bits per heavy atom. The number of nitrogens with one attached hydrogen (secondary N) is 1. The molecule has 4 rings (SSSR count). The molecular weight excluding hydrogens is 389 g/mol. The van der Waals surface area contributed by atoms with Gasteiger partial charge in [0.2, 0.25) is 5.88 Å². The lowest BCUT2D eigenvalue weighted by Crippen LogP contribution is -2.35. The topological polar surface area (TPSA) is 91.0 Å². The van der Waals surface area contributed by atoms with E-state index in [0.717, 1.165) is 5.56 Å². The number of nitrogens with zero attached hydrogens (tertiary/aromatic N) is 4. The van der Waals surface area contributed by atoms with E-state index in [9.17, 15) is 14.0 Å². The molecule has 3 heterocycles. The van der Waals surface area contributed by atoms with Crippen molar-refractivity contribution in [3.05, 3.63) is 75.8 Å². The van der Waals surface area contributed by atoms with Gasteiger partial charge >= 0.3 is 5.69 Å². The maximum Gasteiger partial charge on any atom is 0.346 e. The molecule has 1 N–H and O–H groups in total. The fourth-order valence-electron chi connectivity index (χ4n) is 3.57. The molecule has 1 amide bonds. The molecule has 0 spiro atoms. The molecule has 30 heavy (non-hydrogen) atoms. The maximum atomic E-state index is 13.1. The van der Waals surface area contributed by atoms with Crippen LogP contribution in [0.1, 0.15) is 34.6 Å². The number of aromatic nitrogens is 4. The van der Waals surface area contributed by atoms with E-state index in [1.807, 2.05) is 0 Å². The van der Waals surface area contributed by atoms with Crippen molar-refractivity contribution in [3.63, 3.8) is 0 Å². The van der Waals surface area contributed by atoms with E-state index in [1.165, 1.54) is 30.1 Å². The Morgan fingerprint density at radius 3 is 2.83 bits per heavy atom. The second-order valence-corrected chi connectivity index (χ2v) is 7.22. The number of halogens is 1. The van der Waals surface area contributed by atoms with Crippen LogP contribution in [0.4, 0.5) is 4.39 Å². The van der Waals surface area contributed by atoms with E-state index in [2.05, 4.69) is 15.4 Å². The molecule has 0 saturated carbocycles. The molecule has 1 atom stereocenters. The van der Waals surface area contributed by atoms with Crippen LogP contribution >= 0.6 is 0 Å². The molecule has 0 radical (unpaired) electrons. The molecule has 0 saturated heterocycles. The van der Waals surface area contributed by atoms with Gasteiger partial charge in [-0.25, -0.2) is 18.9 Å². The first-order valence-electron chi connectivity index (χ1n) is 9.75. The number of amides is 1. The third-order valence-corrected chi connectivity index (χ3v) is 5.20. The predicted octanol–water partition coefficient (Wildman–Crippen LogP) is 1.77. The van der Waals surface area contributed by atoms with Crippen LogP contribution in [0.15, 0.2) is 47.4 Å². The van der Waals surface area contributed by atoms with Crippen LogP contribution < -0.4 is 15.7 Å². The van der Waals surface area contributed by atoms with Crippen molar-refractivity contribution >= 4 is 5.91 Å². The first-order valence-corrected chi connectivity index (χ1v) is 9.75. The number of carbonyl (C=O) groups is 1. The van der Waals surface area contributed by atoms with Crippen LogP contribution in [-0.2, 0) is 19.5 Å². The summed E-state index contributed by atoms with van der Waals surface area (Å²) < 4.78 is 21.2. The van der Waals surface area contributed by atoms with Crippen LogP contribution in [-0.4, -0.2) is 38.4 Å². The minimum absolute atomic E-state index is 0.0664. The Kier molecular flexibility index (Phi) is 5.60. The van der Waals surface area contributed by atoms with Gasteiger partial charge in [0.15, 0.2) is 0 Å². The van der Waals surface area contributed by atoms with Gasteiger partial charge in [-0.2, -0.15) is 5.10 Å². The largest absolute Gasteiger partial charge is 0.481 e. The number of aryl methyl sites for hydroxylation is 1. The van der Waals surface area contributed by atoms with Gasteiger partial charge in [-0.3, -0.25) is 9.36 Å². The number of hydrogen-bond donors (Lipinski definition) is 1. The Balaban J connectivity index is 1.42. The molecule has 3 aromatic rings. The van der Waals surface area contributed by atoms with Gasteiger partial charge in [0.25, 0.3) is 5.91 Å². The summed E-state index contributed by atoms with van der Waals surface area (Å²) in [5, 5.41) is 7.48. The third kappa shape index (κ3) is 4.24. The van der Waals surface area contributed by atoms with Gasteiger partial charge < -0.3 is 10.1 Å². The number of hydrogen-bond acceptors (Lipinski definition) is 5. The molecule has 9 heteroatoms. The second-order valence-electron chi connectivity index (χ2n) is 7.22. The average molecular weight is 411 g/mol. The zero-order valence-corrected chi connectivity index (χ0v) is 16.5. The van der Waals surface area contributed by atoms with E-state index in [4.69, 9.17) is 4.74 Å². The number of benzene rings is 1. The molecule has 8 nitrogen and oxygen atoms in total. The van der Waals surface area contributed by atoms with E-state index in [0.29, 0.717) is 49.6 Å². The SMILES string of the molecule is COc1cc(C(=O)NC2CCc3nn(Cc4ccc(F)cc4)c(=O)n3CC2)ccn1. The van der Waals surface area contributed by atoms with Gasteiger partial charge in [0, 0.05) is 36.8 Å². The lowest BCUT2D eigenvalue weighted by Gasteiger charge is -2.16. The highest BCUT2D eigenvalue weighted by Gasteiger charge is 2.22. The molecule has 2 aromatic heterocycles. The number of rotatable bonds is 5. The highest BCUT2D eigenvalue weighted by Crippen LogP contribution is 2.14. The van der Waals surface area contributed by atoms with Crippen LogP contribution in [0.3, 0.4) is 0 Å². The molecule has 1 aliphatic rings. The summed E-state index contributed by atoms with van der Waals surface area (Å²) in [5.74, 6) is 0.564. The molecular formula is C21H22FN5O3. The van der Waals surface area contributed by atoms with Crippen molar-refractivity contribution in [2.45, 2.75) is 38.4 Å². The monoisotopic (exact) mass is 411 g/mol. The summed E-state index contributed by atoms with van der Waals surface area (Å²) in [7, 11) is 1.50. The standard InChI is InChI=1S/C21H22FN5O3/c1-30-19-12-15(8-10-23-19)20(28)24-17-6-7-18-25-27(21(29)26(18)11-9-17)13-14-2-4-16(22)5-3-14/h2-5,8,10,12,17H,6-7,9,11,13H2,1H3,(H,24,28). The third-order valence-electron chi connectivity index (χ3n) is 5.20. The van der Waals surface area contributed by atoms with Crippen molar-refractivity contribution in [1.82, 2.24) is 24.6 Å². The number of ether oxygens (including phenoxy) is 1. The summed E-state index contributed by atoms with van der Waals surface area (Å²) in [4.78, 5) is 29.3. The first-order chi connectivity index (χ1) is 14.5. The zero-order chi connectivity index (χ0) is 21.1. The lowest BCUT2D eigenvalue weighted by molar-refractivity contribution is 0.0932. The molecule has 0 bridgehead atoms. The van der Waals surface area contributed by atoms with Crippen LogP contribution in [0.5, 0.6) is 5.88 Å². The quantitative estimate of drug-likeness (QED) is 0.691. The minimum Gasteiger partial charge on any atom is -0.481 e. The smallest absolute Gasteiger partial charge is 0.346 e. The minimum atomic E-state index is -0.315. The molecule has 1 aromatic carbocycles. The zero-order valence-electron chi connectivity index (χ0n) is 16.5. The average Bonchev–Trinajstić information content (AvgIpc) is 2.92. The van der Waals surface area contributed by atoms with Gasteiger partial charge in [-0.15, -0.1) is 0 Å². The number of fused-ring (bicyclic) bond motifs is 1. The fourth-order valence-corrected chi connectivity index (χ4v) is 3.57. The first kappa shape index (κ1) is 19.8. The summed E-state index contributed by atoms with van der Waals surface area (Å²) in [6, 6.07) is 9.18. The van der Waals surface area contributed by atoms with E-state index < -0.39 is 0 Å². The predicted molar refractivity (Wildman–Crippen MR) is 107 cm³/mol. The Labute approximate surface area is 172 Å².